The molecular weight excluding hydrogens is 446 g/mol. The fourth-order valence-corrected chi connectivity index (χ4v) is 5.38. The number of aromatic amines is 1. The van der Waals surface area contributed by atoms with E-state index in [-0.39, 0.29) is 23.1 Å². The van der Waals surface area contributed by atoms with E-state index in [9.17, 15) is 18.0 Å². The van der Waals surface area contributed by atoms with E-state index in [1.54, 1.807) is 11.0 Å². The molecule has 0 radical (unpaired) electrons. The van der Waals surface area contributed by atoms with Crippen molar-refractivity contribution in [3.63, 3.8) is 0 Å². The Hall–Kier alpha value is -2.53. The summed E-state index contributed by atoms with van der Waals surface area (Å²) in [7, 11) is -3.67. The molecule has 3 N–H and O–H groups in total. The topological polar surface area (TPSA) is 135 Å². The van der Waals surface area contributed by atoms with Crippen LogP contribution in [0.25, 0.3) is 0 Å². The number of aromatic nitrogens is 2. The molecule has 2 aromatic rings. The van der Waals surface area contributed by atoms with Crippen molar-refractivity contribution in [2.24, 2.45) is 5.92 Å². The number of nitrogen functional groups attached to an aromatic ring is 1. The molecule has 0 aromatic carbocycles. The van der Waals surface area contributed by atoms with Gasteiger partial charge in [0.05, 0.1) is 6.54 Å². The molecule has 184 valence electrons. The summed E-state index contributed by atoms with van der Waals surface area (Å²) in [5.41, 5.74) is 5.42. The summed E-state index contributed by atoms with van der Waals surface area (Å²) in [4.78, 5) is 29.2. The van der Waals surface area contributed by atoms with Crippen molar-refractivity contribution in [3.05, 3.63) is 38.7 Å². The fraction of sp³-hybridized carbons (Fsp3) is 0.636. The van der Waals surface area contributed by atoms with Gasteiger partial charge in [0.25, 0.3) is 15.6 Å². The Bertz CT molecular complexity index is 1160. The molecule has 3 heterocycles. The zero-order valence-electron chi connectivity index (χ0n) is 19.7. The molecule has 0 saturated carbocycles. The lowest BCUT2D eigenvalue weighted by molar-refractivity contribution is 0.386. The summed E-state index contributed by atoms with van der Waals surface area (Å²) in [6.07, 6.45) is 4.07. The maximum atomic E-state index is 12.8. The molecule has 1 aliphatic rings. The van der Waals surface area contributed by atoms with Crippen molar-refractivity contribution in [1.29, 1.82) is 0 Å². The predicted molar refractivity (Wildman–Crippen MR) is 128 cm³/mol. The van der Waals surface area contributed by atoms with E-state index >= 15 is 0 Å². The summed E-state index contributed by atoms with van der Waals surface area (Å²) < 4.78 is 34.2. The van der Waals surface area contributed by atoms with Crippen LogP contribution in [0.15, 0.2) is 31.2 Å². The second-order valence-corrected chi connectivity index (χ2v) is 10.8. The highest BCUT2D eigenvalue weighted by atomic mass is 32.2. The number of furan rings is 1. The number of sulfonamides is 1. The highest BCUT2D eigenvalue weighted by molar-refractivity contribution is 7.89. The predicted octanol–water partition coefficient (Wildman–Crippen LogP) is 2.35. The average molecular weight is 482 g/mol. The van der Waals surface area contributed by atoms with Gasteiger partial charge >= 0.3 is 5.69 Å². The van der Waals surface area contributed by atoms with Crippen LogP contribution < -0.4 is 21.9 Å². The van der Waals surface area contributed by atoms with Crippen LogP contribution in [0, 0.1) is 5.92 Å². The number of anilines is 2. The van der Waals surface area contributed by atoms with Crippen LogP contribution in [0.5, 0.6) is 0 Å². The number of hydrogen-bond donors (Lipinski definition) is 2. The lowest BCUT2D eigenvalue weighted by atomic mass is 10.1. The number of H-pyrrole nitrogens is 1. The van der Waals surface area contributed by atoms with Crippen molar-refractivity contribution < 1.29 is 12.8 Å². The van der Waals surface area contributed by atoms with E-state index in [1.165, 1.54) is 14.9 Å². The van der Waals surface area contributed by atoms with Crippen LogP contribution >= 0.6 is 0 Å². The average Bonchev–Trinajstić information content (AvgIpc) is 3.44. The molecule has 1 fully saturated rings. The minimum Gasteiger partial charge on any atom is -0.446 e. The minimum absolute atomic E-state index is 0.0991. The molecule has 10 nitrogen and oxygen atoms in total. The third-order valence-electron chi connectivity index (χ3n) is 5.88. The lowest BCUT2D eigenvalue weighted by Crippen LogP contribution is -2.38. The monoisotopic (exact) mass is 481 g/mol. The summed E-state index contributed by atoms with van der Waals surface area (Å²) >= 11 is 0. The van der Waals surface area contributed by atoms with Gasteiger partial charge in [0.1, 0.15) is 17.3 Å². The van der Waals surface area contributed by atoms with Crippen LogP contribution in [0.3, 0.4) is 0 Å². The Morgan fingerprint density at radius 3 is 2.55 bits per heavy atom. The first-order valence-electron chi connectivity index (χ1n) is 11.6. The summed E-state index contributed by atoms with van der Waals surface area (Å²) in [6.45, 7) is 8.18. The molecule has 0 bridgehead atoms. The normalized spacial score (nSPS) is 14.9. The molecule has 1 aliphatic heterocycles. The Labute approximate surface area is 194 Å². The van der Waals surface area contributed by atoms with Gasteiger partial charge < -0.3 is 15.1 Å². The quantitative estimate of drug-likeness (QED) is 0.503. The van der Waals surface area contributed by atoms with E-state index < -0.39 is 21.3 Å². The Balaban J connectivity index is 1.94. The van der Waals surface area contributed by atoms with Crippen molar-refractivity contribution in [3.8, 4) is 0 Å². The zero-order chi connectivity index (χ0) is 24.2. The lowest BCUT2D eigenvalue weighted by Gasteiger charge is -2.26. The number of hydrogen-bond acceptors (Lipinski definition) is 7. The van der Waals surface area contributed by atoms with E-state index in [0.29, 0.717) is 37.9 Å². The van der Waals surface area contributed by atoms with Gasteiger partial charge in [-0.2, -0.15) is 4.31 Å². The van der Waals surface area contributed by atoms with Gasteiger partial charge in [0, 0.05) is 26.2 Å². The second-order valence-electron chi connectivity index (χ2n) is 8.93. The Kier molecular flexibility index (Phi) is 8.06. The highest BCUT2D eigenvalue weighted by Crippen LogP contribution is 2.26. The molecule has 0 amide bonds. The number of unbranched alkanes of at least 4 members (excludes halogenated alkanes) is 1. The van der Waals surface area contributed by atoms with Crippen LogP contribution in [-0.2, 0) is 23.1 Å². The molecule has 11 heteroatoms. The maximum Gasteiger partial charge on any atom is 0.330 e. The van der Waals surface area contributed by atoms with Gasteiger partial charge in [0.15, 0.2) is 0 Å². The fourth-order valence-electron chi connectivity index (χ4n) is 3.93. The first-order valence-corrected chi connectivity index (χ1v) is 13.1. The summed E-state index contributed by atoms with van der Waals surface area (Å²) in [5, 5.41) is -0.0991. The molecule has 0 spiro atoms. The molecule has 0 atom stereocenters. The van der Waals surface area contributed by atoms with Crippen LogP contribution in [-0.4, -0.2) is 41.9 Å². The number of nitrogens with one attached hydrogen (secondary N) is 1. The molecular formula is C22H35N5O5S. The molecule has 2 aromatic heterocycles. The van der Waals surface area contributed by atoms with Gasteiger partial charge in [-0.1, -0.05) is 27.2 Å². The minimum atomic E-state index is -3.67. The SMILES string of the molecule is CCCCn1c(N)c(N(CCC(C)C)Cc2ccc(S(=O)(=O)N3CCCC3)o2)c(=O)[nH]c1=O. The van der Waals surface area contributed by atoms with E-state index in [1.807, 2.05) is 6.92 Å². The zero-order valence-corrected chi connectivity index (χ0v) is 20.5. The number of nitrogens with zero attached hydrogens (tertiary/aromatic N) is 3. The maximum absolute atomic E-state index is 12.8. The van der Waals surface area contributed by atoms with Crippen molar-refractivity contribution in [1.82, 2.24) is 13.9 Å². The molecule has 0 aliphatic carbocycles. The first-order chi connectivity index (χ1) is 15.6. The van der Waals surface area contributed by atoms with Gasteiger partial charge in [-0.15, -0.1) is 0 Å². The Morgan fingerprint density at radius 1 is 1.21 bits per heavy atom. The smallest absolute Gasteiger partial charge is 0.330 e. The van der Waals surface area contributed by atoms with Crippen molar-refractivity contribution in [2.45, 2.75) is 71.1 Å². The van der Waals surface area contributed by atoms with E-state index in [2.05, 4.69) is 18.8 Å². The van der Waals surface area contributed by atoms with E-state index in [0.717, 1.165) is 32.1 Å². The first kappa shape index (κ1) is 25.1. The van der Waals surface area contributed by atoms with Gasteiger partial charge in [0.2, 0.25) is 5.09 Å². The summed E-state index contributed by atoms with van der Waals surface area (Å²) in [5.74, 6) is 0.876. The highest BCUT2D eigenvalue weighted by Gasteiger charge is 2.30. The molecule has 33 heavy (non-hydrogen) atoms. The molecule has 0 unspecified atom stereocenters. The second kappa shape index (κ2) is 10.6. The van der Waals surface area contributed by atoms with Crippen molar-refractivity contribution in [2.75, 3.05) is 30.3 Å². The number of rotatable bonds is 11. The van der Waals surface area contributed by atoms with Crippen molar-refractivity contribution >= 4 is 21.5 Å². The van der Waals surface area contributed by atoms with E-state index in [4.69, 9.17) is 10.2 Å². The Morgan fingerprint density at radius 2 is 1.91 bits per heavy atom. The standard InChI is InChI=1S/C22H35N5O5S/c1-4-5-13-27-20(23)19(21(28)24-22(27)29)25(14-10-16(2)3)15-17-8-9-18(32-17)33(30,31)26-11-6-7-12-26/h8-9,16H,4-7,10-15,23H2,1-3H3,(H,24,28,29). The third kappa shape index (κ3) is 5.70. The van der Waals surface area contributed by atoms with Gasteiger partial charge in [-0.25, -0.2) is 13.2 Å². The largest absolute Gasteiger partial charge is 0.446 e. The van der Waals surface area contributed by atoms with Crippen LogP contribution in [0.1, 0.15) is 58.6 Å². The van der Waals surface area contributed by atoms with Crippen LogP contribution in [0.2, 0.25) is 0 Å². The van der Waals surface area contributed by atoms with Gasteiger partial charge in [-0.3, -0.25) is 14.3 Å². The molecule has 1 saturated heterocycles. The van der Waals surface area contributed by atoms with Gasteiger partial charge in [-0.05, 0) is 43.7 Å². The number of nitrogens with two attached hydrogens (primary N) is 1. The summed E-state index contributed by atoms with van der Waals surface area (Å²) in [6, 6.07) is 3.07. The van der Waals surface area contributed by atoms with Crippen LogP contribution in [0.4, 0.5) is 11.5 Å². The molecule has 3 rings (SSSR count). The third-order valence-corrected chi connectivity index (χ3v) is 7.66.